The molecular weight excluding hydrogens is 142 g/mol. The monoisotopic (exact) mass is 159 g/mol. The molecule has 0 aromatic carbocycles. The quantitative estimate of drug-likeness (QED) is 0.635. The Morgan fingerprint density at radius 3 is 2.40 bits per heavy atom. The molecule has 0 saturated heterocycles. The molecule has 0 aromatic heterocycles. The lowest BCUT2D eigenvalue weighted by Gasteiger charge is -2.17. The standard InChI is InChI=1S/C8H17NS/c1-8(2,3)10-9-6-7-4-5-7/h7,9H,4-6H2,1-3H3. The topological polar surface area (TPSA) is 12.0 Å². The van der Waals surface area contributed by atoms with E-state index in [0.29, 0.717) is 4.75 Å². The van der Waals surface area contributed by atoms with Crippen molar-refractivity contribution >= 4 is 11.9 Å². The molecule has 0 aliphatic heterocycles. The first-order chi connectivity index (χ1) is 4.58. The van der Waals surface area contributed by atoms with E-state index in [1.807, 2.05) is 11.9 Å². The minimum absolute atomic E-state index is 0.370. The largest absolute Gasteiger partial charge is 0.263 e. The van der Waals surface area contributed by atoms with Gasteiger partial charge < -0.3 is 0 Å². The summed E-state index contributed by atoms with van der Waals surface area (Å²) >= 11 is 1.85. The summed E-state index contributed by atoms with van der Waals surface area (Å²) in [6.45, 7) is 7.91. The third-order valence-electron chi connectivity index (χ3n) is 1.45. The van der Waals surface area contributed by atoms with Crippen molar-refractivity contribution in [3.05, 3.63) is 0 Å². The zero-order valence-corrected chi connectivity index (χ0v) is 7.92. The van der Waals surface area contributed by atoms with Crippen molar-refractivity contribution < 1.29 is 0 Å². The fourth-order valence-corrected chi connectivity index (χ4v) is 1.45. The molecule has 60 valence electrons. The minimum Gasteiger partial charge on any atom is -0.263 e. The number of hydrogen-bond donors (Lipinski definition) is 1. The van der Waals surface area contributed by atoms with Gasteiger partial charge in [0.1, 0.15) is 0 Å². The van der Waals surface area contributed by atoms with E-state index < -0.39 is 0 Å². The molecule has 10 heavy (non-hydrogen) atoms. The molecule has 1 saturated carbocycles. The first-order valence-corrected chi connectivity index (χ1v) is 4.80. The van der Waals surface area contributed by atoms with Crippen molar-refractivity contribution in [1.82, 2.24) is 4.72 Å². The Bertz CT molecular complexity index is 102. The summed E-state index contributed by atoms with van der Waals surface area (Å²) in [6.07, 6.45) is 2.88. The Morgan fingerprint density at radius 2 is 2.00 bits per heavy atom. The van der Waals surface area contributed by atoms with Gasteiger partial charge in [-0.2, -0.15) is 0 Å². The van der Waals surface area contributed by atoms with Crippen molar-refractivity contribution in [2.24, 2.45) is 5.92 Å². The van der Waals surface area contributed by atoms with Crippen molar-refractivity contribution in [2.45, 2.75) is 38.4 Å². The molecule has 0 radical (unpaired) electrons. The lowest BCUT2D eigenvalue weighted by atomic mass is 10.3. The van der Waals surface area contributed by atoms with Crippen LogP contribution in [0.1, 0.15) is 33.6 Å². The number of hydrogen-bond acceptors (Lipinski definition) is 2. The molecule has 0 atom stereocenters. The highest BCUT2D eigenvalue weighted by atomic mass is 32.2. The molecule has 1 aliphatic rings. The third kappa shape index (κ3) is 4.18. The maximum Gasteiger partial charge on any atom is 0.0220 e. The summed E-state index contributed by atoms with van der Waals surface area (Å²) in [4.78, 5) is 0. The fourth-order valence-electron chi connectivity index (χ4n) is 0.698. The smallest absolute Gasteiger partial charge is 0.0220 e. The highest BCUT2D eigenvalue weighted by molar-refractivity contribution is 7.98. The van der Waals surface area contributed by atoms with E-state index in [1.165, 1.54) is 19.4 Å². The molecule has 1 nitrogen and oxygen atoms in total. The van der Waals surface area contributed by atoms with Crippen LogP contribution in [0.3, 0.4) is 0 Å². The van der Waals surface area contributed by atoms with Crippen LogP contribution in [-0.4, -0.2) is 11.3 Å². The Kier molecular flexibility index (Phi) is 2.64. The average molecular weight is 159 g/mol. The Morgan fingerprint density at radius 1 is 1.40 bits per heavy atom. The van der Waals surface area contributed by atoms with Crippen molar-refractivity contribution in [2.75, 3.05) is 6.54 Å². The highest BCUT2D eigenvalue weighted by Crippen LogP contribution is 2.29. The summed E-state index contributed by atoms with van der Waals surface area (Å²) in [5, 5.41) is 0. The van der Waals surface area contributed by atoms with Crippen LogP contribution < -0.4 is 4.72 Å². The fraction of sp³-hybridized carbons (Fsp3) is 1.00. The molecule has 1 N–H and O–H groups in total. The minimum atomic E-state index is 0.370. The SMILES string of the molecule is CC(C)(C)SNCC1CC1. The molecule has 0 unspecified atom stereocenters. The maximum atomic E-state index is 3.40. The molecule has 0 bridgehead atoms. The number of nitrogens with one attached hydrogen (secondary N) is 1. The van der Waals surface area contributed by atoms with Gasteiger partial charge in [0, 0.05) is 11.3 Å². The third-order valence-corrected chi connectivity index (χ3v) is 2.37. The molecule has 0 amide bonds. The molecule has 1 fully saturated rings. The van der Waals surface area contributed by atoms with Gasteiger partial charge in [0.05, 0.1) is 0 Å². The van der Waals surface area contributed by atoms with Crippen LogP contribution in [0, 0.1) is 5.92 Å². The predicted molar refractivity (Wildman–Crippen MR) is 48.1 cm³/mol. The highest BCUT2D eigenvalue weighted by Gasteiger charge is 2.21. The van der Waals surface area contributed by atoms with Crippen molar-refractivity contribution in [1.29, 1.82) is 0 Å². The van der Waals surface area contributed by atoms with Gasteiger partial charge in [0.2, 0.25) is 0 Å². The lowest BCUT2D eigenvalue weighted by Crippen LogP contribution is -2.18. The zero-order valence-electron chi connectivity index (χ0n) is 7.11. The molecule has 0 heterocycles. The van der Waals surface area contributed by atoms with Gasteiger partial charge in [-0.15, -0.1) is 0 Å². The van der Waals surface area contributed by atoms with Gasteiger partial charge in [-0.1, -0.05) is 11.9 Å². The van der Waals surface area contributed by atoms with Crippen molar-refractivity contribution in [3.8, 4) is 0 Å². The summed E-state index contributed by atoms with van der Waals surface area (Å²) < 4.78 is 3.77. The van der Waals surface area contributed by atoms with Crippen LogP contribution in [0.25, 0.3) is 0 Å². The van der Waals surface area contributed by atoms with Gasteiger partial charge in [0.15, 0.2) is 0 Å². The summed E-state index contributed by atoms with van der Waals surface area (Å²) in [5.41, 5.74) is 0. The Hall–Kier alpha value is 0.310. The van der Waals surface area contributed by atoms with Gasteiger partial charge in [0.25, 0.3) is 0 Å². The van der Waals surface area contributed by atoms with E-state index in [0.717, 1.165) is 5.92 Å². The first-order valence-electron chi connectivity index (χ1n) is 3.99. The molecule has 1 rings (SSSR count). The van der Waals surface area contributed by atoms with Crippen LogP contribution in [0.4, 0.5) is 0 Å². The first kappa shape index (κ1) is 8.41. The number of rotatable bonds is 3. The normalized spacial score (nSPS) is 19.5. The second-order valence-corrected chi connectivity index (χ2v) is 5.72. The van der Waals surface area contributed by atoms with Crippen LogP contribution in [-0.2, 0) is 0 Å². The zero-order chi connectivity index (χ0) is 7.61. The van der Waals surface area contributed by atoms with Gasteiger partial charge in [-0.25, -0.2) is 0 Å². The van der Waals surface area contributed by atoms with E-state index in [2.05, 4.69) is 25.5 Å². The Balaban J connectivity index is 1.93. The van der Waals surface area contributed by atoms with E-state index in [9.17, 15) is 0 Å². The van der Waals surface area contributed by atoms with Crippen LogP contribution in [0.15, 0.2) is 0 Å². The molecule has 0 spiro atoms. The summed E-state index contributed by atoms with van der Waals surface area (Å²) in [6, 6.07) is 0. The van der Waals surface area contributed by atoms with E-state index in [-0.39, 0.29) is 0 Å². The maximum absolute atomic E-state index is 3.40. The molecule has 2 heteroatoms. The van der Waals surface area contributed by atoms with E-state index >= 15 is 0 Å². The lowest BCUT2D eigenvalue weighted by molar-refractivity contribution is 0.760. The summed E-state index contributed by atoms with van der Waals surface area (Å²) in [5.74, 6) is 0.995. The van der Waals surface area contributed by atoms with Crippen LogP contribution in [0.2, 0.25) is 0 Å². The second kappa shape index (κ2) is 3.14. The molecule has 0 aromatic rings. The van der Waals surface area contributed by atoms with E-state index in [1.54, 1.807) is 0 Å². The van der Waals surface area contributed by atoms with Gasteiger partial charge in [-0.05, 0) is 39.5 Å². The average Bonchev–Trinajstić information content (AvgIpc) is 2.45. The predicted octanol–water partition coefficient (Wildman–Crippen LogP) is 2.43. The Labute approximate surface area is 68.1 Å². The van der Waals surface area contributed by atoms with Crippen LogP contribution in [0.5, 0.6) is 0 Å². The molecular formula is C8H17NS. The van der Waals surface area contributed by atoms with Crippen molar-refractivity contribution in [3.63, 3.8) is 0 Å². The second-order valence-electron chi connectivity index (χ2n) is 4.01. The van der Waals surface area contributed by atoms with E-state index in [4.69, 9.17) is 0 Å². The van der Waals surface area contributed by atoms with Crippen LogP contribution >= 0.6 is 11.9 Å². The molecule has 1 aliphatic carbocycles. The van der Waals surface area contributed by atoms with Gasteiger partial charge in [-0.3, -0.25) is 4.72 Å². The summed E-state index contributed by atoms with van der Waals surface area (Å²) in [7, 11) is 0. The van der Waals surface area contributed by atoms with Gasteiger partial charge >= 0.3 is 0 Å².